The maximum absolute atomic E-state index is 13.4. The molecule has 0 aliphatic carbocycles. The summed E-state index contributed by atoms with van der Waals surface area (Å²) in [6.07, 6.45) is 25.9. The van der Waals surface area contributed by atoms with E-state index in [9.17, 15) is 19.2 Å². The number of imidazole rings is 4. The van der Waals surface area contributed by atoms with Crippen LogP contribution in [0.25, 0.3) is 44.7 Å². The number of halogens is 7. The molecule has 8 N–H and O–H groups in total. The van der Waals surface area contributed by atoms with Crippen LogP contribution in [0.5, 0.6) is 5.75 Å². The monoisotopic (exact) mass is 1910 g/mol. The van der Waals surface area contributed by atoms with Gasteiger partial charge in [-0.3, -0.25) is 56.5 Å². The van der Waals surface area contributed by atoms with Gasteiger partial charge in [-0.25, -0.2) is 19.2 Å². The van der Waals surface area contributed by atoms with Gasteiger partial charge in [-0.1, -0.05) is 73.9 Å². The molecular formula is C81H87BrCl5IN28O5. The number of hydrogen-bond donors (Lipinski definition) is 4. The fraction of sp³-hybridized carbons (Fsp3) is 0.309. The number of ether oxygens (including phenoxy) is 1. The van der Waals surface area contributed by atoms with Gasteiger partial charge in [0.15, 0.2) is 43.2 Å². The molecule has 0 radical (unpaired) electrons. The van der Waals surface area contributed by atoms with Crippen molar-refractivity contribution >= 4 is 165 Å². The van der Waals surface area contributed by atoms with Crippen LogP contribution >= 0.6 is 96.5 Å². The average Bonchev–Trinajstić information content (AvgIpc) is 1.62. The second kappa shape index (κ2) is 38.2. The van der Waals surface area contributed by atoms with Gasteiger partial charge in [-0.15, -0.1) is 0 Å². The van der Waals surface area contributed by atoms with Crippen LogP contribution in [0.4, 0.5) is 23.8 Å². The number of aryl methyl sites for hydroxylation is 12. The second-order valence-corrected chi connectivity index (χ2v) is 32.6. The van der Waals surface area contributed by atoms with E-state index in [0.717, 1.165) is 122 Å². The van der Waals surface area contributed by atoms with Gasteiger partial charge in [-0.05, 0) is 186 Å². The lowest BCUT2D eigenvalue weighted by Crippen LogP contribution is -2.26. The Bertz CT molecular complexity index is 6250. The highest BCUT2D eigenvalue weighted by atomic mass is 127. The van der Waals surface area contributed by atoms with Crippen molar-refractivity contribution in [3.63, 3.8) is 0 Å². The Kier molecular flexibility index (Phi) is 27.7. The van der Waals surface area contributed by atoms with Crippen molar-refractivity contribution in [2.24, 2.45) is 0 Å². The molecule has 0 aliphatic heterocycles. The summed E-state index contributed by atoms with van der Waals surface area (Å²) in [7, 11) is 1.62. The zero-order chi connectivity index (χ0) is 86.4. The molecule has 16 aromatic rings. The highest BCUT2D eigenvalue weighted by molar-refractivity contribution is 14.1. The Hall–Kier alpha value is -11.2. The Balaban J connectivity index is 0.000000139. The topological polar surface area (TPSA) is 395 Å². The van der Waals surface area contributed by atoms with Gasteiger partial charge in [0.1, 0.15) is 27.8 Å². The Labute approximate surface area is 739 Å². The number of anilines is 4. The van der Waals surface area contributed by atoms with Crippen LogP contribution in [-0.2, 0) is 78.5 Å². The Morgan fingerprint density at radius 3 is 0.917 bits per heavy atom. The summed E-state index contributed by atoms with van der Waals surface area (Å²) in [6.45, 7) is 21.6. The van der Waals surface area contributed by atoms with Crippen molar-refractivity contribution in [3.8, 4) is 5.75 Å². The normalized spacial score (nSPS) is 11.4. The molecule has 33 nitrogen and oxygen atoms in total. The van der Waals surface area contributed by atoms with E-state index in [0.29, 0.717) is 87.2 Å². The molecule has 0 unspecified atom stereocenters. The average molecular weight is 1920 g/mol. The van der Waals surface area contributed by atoms with Crippen molar-refractivity contribution < 1.29 is 4.74 Å². The predicted octanol–water partition coefficient (Wildman–Crippen LogP) is 13.2. The Morgan fingerprint density at radius 2 is 0.612 bits per heavy atom. The lowest BCUT2D eigenvalue weighted by atomic mass is 10.1. The second-order valence-electron chi connectivity index (χ2n) is 28.9. The number of hydrogen-bond acceptors (Lipinski definition) is 21. The third-order valence-electron chi connectivity index (χ3n) is 20.7. The molecule has 0 saturated heterocycles. The van der Waals surface area contributed by atoms with Crippen molar-refractivity contribution in [3.05, 3.63) is 266 Å². The molecule has 16 aromatic heterocycles. The minimum absolute atomic E-state index is 0.0114. The van der Waals surface area contributed by atoms with Crippen LogP contribution in [0.15, 0.2) is 147 Å². The van der Waals surface area contributed by atoms with E-state index < -0.39 is 0 Å². The van der Waals surface area contributed by atoms with Gasteiger partial charge < -0.3 is 45.9 Å². The minimum Gasteiger partial charge on any atom is -0.496 e. The van der Waals surface area contributed by atoms with Gasteiger partial charge >= 0.3 is 22.8 Å². The SMILES string of the molecule is COc1c(C)cnc(Cn2c(=O)n(CCCn3cccc3)c3c(Cl)nc(N)nc32)c1C.Cc1cnc(Cn2c(=O)n(CCCn3cccc3)c3c(Cl)nc(N)nc32)c(C)c1Br.Cc1cnc(Cn2c(=O)n(CCCn3cccc3)c3c(Cl)nc(N)nc32)c(C)c1Cl.Cc1cnc(Cn2c(=O)n(CCCn3cccc3)c3c(Cl)nc(N)nc32)c(C)c1I. The molecule has 0 bridgehead atoms. The summed E-state index contributed by atoms with van der Waals surface area (Å²) in [5.41, 5.74) is 36.6. The summed E-state index contributed by atoms with van der Waals surface area (Å²) in [5, 5.41) is 1.30. The van der Waals surface area contributed by atoms with Crippen LogP contribution in [-0.4, -0.2) is 122 Å². The number of fused-ring (bicyclic) bond motifs is 4. The molecule has 0 amide bonds. The standard InChI is InChI=1S/C21H24ClN7O2.C20H21BrClN7O.C20H21Cl2N7O.C20H21ClIN7O/c1-13-11-24-15(14(2)17(13)31-3)12-29-19-16(18(22)25-20(23)26-19)28(21(29)30)10-6-9-27-7-4-5-8-27;2*1-12-10-24-14(13(2)15(12)21)11-29-18-16(17(22)25-19(23)26-18)28(20(29)30)9-5-8-27-6-3-4-7-27;1-12-10-24-14(13(2)15(12)22)11-29-18-16(17(21)25-19(23)26-18)28(20(29)30)9-5-8-27-6-3-4-7-27/h4-5,7-8,11H,6,9-10,12H2,1-3H3,(H2,23,25,26);3*3-4,6-7,10H,5,8-9,11H2,1-2H3,(H2,23,25,26). The highest BCUT2D eigenvalue weighted by Crippen LogP contribution is 2.32. The highest BCUT2D eigenvalue weighted by Gasteiger charge is 2.27. The first-order valence-corrected chi connectivity index (χ1v) is 42.2. The molecule has 0 aromatic carbocycles. The number of aromatic nitrogens is 24. The van der Waals surface area contributed by atoms with E-state index in [1.54, 1.807) is 57.7 Å². The summed E-state index contributed by atoms with van der Waals surface area (Å²) in [4.78, 5) is 105. The van der Waals surface area contributed by atoms with Crippen LogP contribution in [0, 0.1) is 59.0 Å². The van der Waals surface area contributed by atoms with Crippen molar-refractivity contribution in [2.75, 3.05) is 30.0 Å². The van der Waals surface area contributed by atoms with Gasteiger partial charge in [0.05, 0.1) is 56.1 Å². The van der Waals surface area contributed by atoms with Crippen LogP contribution in [0.3, 0.4) is 0 Å². The number of rotatable bonds is 25. The maximum atomic E-state index is 13.4. The van der Waals surface area contributed by atoms with Crippen LogP contribution < -0.4 is 50.4 Å². The predicted molar refractivity (Wildman–Crippen MR) is 484 cm³/mol. The summed E-state index contributed by atoms with van der Waals surface area (Å²) >= 11 is 37.8. The van der Waals surface area contributed by atoms with Crippen LogP contribution in [0.2, 0.25) is 25.6 Å². The van der Waals surface area contributed by atoms with Crippen molar-refractivity contribution in [2.45, 2.75) is 160 Å². The fourth-order valence-electron chi connectivity index (χ4n) is 14.4. The number of nitrogens with zero attached hydrogens (tertiary/aromatic N) is 24. The summed E-state index contributed by atoms with van der Waals surface area (Å²) in [5.74, 6) is 0.842. The van der Waals surface area contributed by atoms with E-state index in [1.807, 2.05) is 160 Å². The van der Waals surface area contributed by atoms with Crippen molar-refractivity contribution in [1.82, 2.24) is 115 Å². The third kappa shape index (κ3) is 19.1. The molecule has 40 heteroatoms. The van der Waals surface area contributed by atoms with Gasteiger partial charge in [0.2, 0.25) is 23.8 Å². The zero-order valence-electron chi connectivity index (χ0n) is 67.6. The van der Waals surface area contributed by atoms with Gasteiger partial charge in [0.25, 0.3) is 0 Å². The van der Waals surface area contributed by atoms with E-state index in [-0.39, 0.29) is 93.3 Å². The molecule has 16 rings (SSSR count). The summed E-state index contributed by atoms with van der Waals surface area (Å²) < 4.78 is 28.5. The number of nitrogen functional groups attached to an aromatic ring is 4. The molecule has 630 valence electrons. The molecule has 0 spiro atoms. The first kappa shape index (κ1) is 87.6. The first-order chi connectivity index (χ1) is 58.0. The van der Waals surface area contributed by atoms with Gasteiger partial charge in [-0.2, -0.15) is 39.9 Å². The maximum Gasteiger partial charge on any atom is 0.330 e. The molecule has 0 aliphatic rings. The van der Waals surface area contributed by atoms with Crippen LogP contribution in [0.1, 0.15) is 93.0 Å². The molecule has 0 saturated carbocycles. The van der Waals surface area contributed by atoms with Crippen molar-refractivity contribution in [1.29, 1.82) is 0 Å². The lowest BCUT2D eigenvalue weighted by molar-refractivity contribution is 0.406. The number of methoxy groups -OCH3 is 1. The quantitative estimate of drug-likeness (QED) is 0.0305. The molecule has 0 atom stereocenters. The van der Waals surface area contributed by atoms with E-state index in [4.69, 9.17) is 85.7 Å². The lowest BCUT2D eigenvalue weighted by Gasteiger charge is -2.12. The minimum atomic E-state index is -0.239. The third-order valence-corrected chi connectivity index (χ3v) is 25.2. The number of pyridine rings is 4. The Morgan fingerprint density at radius 1 is 0.347 bits per heavy atom. The largest absolute Gasteiger partial charge is 0.496 e. The summed E-state index contributed by atoms with van der Waals surface area (Å²) in [6, 6.07) is 15.8. The van der Waals surface area contributed by atoms with E-state index >= 15 is 0 Å². The zero-order valence-corrected chi connectivity index (χ0v) is 75.1. The smallest absolute Gasteiger partial charge is 0.330 e. The van der Waals surface area contributed by atoms with E-state index in [1.165, 1.54) is 4.57 Å². The fourth-order valence-corrected chi connectivity index (χ4v) is 16.5. The number of nitrogens with two attached hydrogens (primary N) is 4. The molecule has 16 heterocycles. The van der Waals surface area contributed by atoms with Gasteiger partial charge in [0, 0.05) is 151 Å². The molecular weight excluding hydrogens is 1830 g/mol. The van der Waals surface area contributed by atoms with E-state index in [2.05, 4.69) is 117 Å². The first-order valence-electron chi connectivity index (χ1n) is 38.4. The molecule has 121 heavy (non-hydrogen) atoms. The molecule has 0 fully saturated rings.